The summed E-state index contributed by atoms with van der Waals surface area (Å²) in [5.74, 6) is -0.903. The highest BCUT2D eigenvalue weighted by molar-refractivity contribution is 8.01. The van der Waals surface area contributed by atoms with Crippen molar-refractivity contribution in [1.29, 1.82) is 0 Å². The summed E-state index contributed by atoms with van der Waals surface area (Å²) in [7, 11) is 1.35. The molecule has 0 aliphatic rings. The van der Waals surface area contributed by atoms with Gasteiger partial charge in [-0.15, -0.1) is 11.8 Å². The molecular weight excluding hydrogens is 370 g/mol. The minimum atomic E-state index is -1.09. The van der Waals surface area contributed by atoms with E-state index in [2.05, 4.69) is 41.6 Å². The van der Waals surface area contributed by atoms with Crippen molar-refractivity contribution < 1.29 is 14.7 Å². The molecule has 0 fully saturated rings. The molecule has 0 saturated heterocycles. The van der Waals surface area contributed by atoms with Gasteiger partial charge in [-0.3, -0.25) is 0 Å². The fourth-order valence-corrected chi connectivity index (χ4v) is 4.62. The average Bonchev–Trinajstić information content (AvgIpc) is 2.75. The molecule has 3 aromatic rings. The normalized spacial score (nSPS) is 11.8. The van der Waals surface area contributed by atoms with Gasteiger partial charge in [-0.2, -0.15) is 0 Å². The molecule has 142 valence electrons. The molecule has 4 nitrogen and oxygen atoms in total. The van der Waals surface area contributed by atoms with Gasteiger partial charge in [-0.05, 0) is 16.7 Å². The Hall–Kier alpha value is -3.05. The Kier molecular flexibility index (Phi) is 6.50. The van der Waals surface area contributed by atoms with Crippen molar-refractivity contribution in [3.63, 3.8) is 0 Å². The Morgan fingerprint density at radius 2 is 1.25 bits per heavy atom. The molecule has 3 aromatic carbocycles. The standard InChI is InChI=1S/C23H21NO3S/c1-27-24-21(22(25)26)17-28-23(18-11-5-2-6-12-18,19-13-7-3-8-14-19)20-15-9-4-10-16-20/h2-16H,17H2,1H3,(H,25,26)/b24-21+. The highest BCUT2D eigenvalue weighted by atomic mass is 32.2. The van der Waals surface area contributed by atoms with Gasteiger partial charge in [0.1, 0.15) is 7.11 Å². The summed E-state index contributed by atoms with van der Waals surface area (Å²) in [6.45, 7) is 0. The Labute approximate surface area is 168 Å². The van der Waals surface area contributed by atoms with Crippen LogP contribution in [0, 0.1) is 0 Å². The van der Waals surface area contributed by atoms with Crippen LogP contribution in [0.4, 0.5) is 0 Å². The molecular formula is C23H21NO3S. The van der Waals surface area contributed by atoms with Crippen LogP contribution in [0.25, 0.3) is 0 Å². The van der Waals surface area contributed by atoms with E-state index in [0.29, 0.717) is 0 Å². The smallest absolute Gasteiger partial charge is 0.354 e. The molecule has 0 bridgehead atoms. The number of nitrogens with zero attached hydrogens (tertiary/aromatic N) is 1. The highest BCUT2D eigenvalue weighted by Crippen LogP contribution is 2.48. The predicted molar refractivity (Wildman–Crippen MR) is 114 cm³/mol. The summed E-state index contributed by atoms with van der Waals surface area (Å²) >= 11 is 1.51. The first kappa shape index (κ1) is 19.7. The van der Waals surface area contributed by atoms with E-state index in [4.69, 9.17) is 4.84 Å². The molecule has 5 heteroatoms. The first-order chi connectivity index (χ1) is 13.7. The number of carboxylic acids is 1. The zero-order chi connectivity index (χ0) is 19.8. The van der Waals surface area contributed by atoms with E-state index < -0.39 is 10.7 Å². The lowest BCUT2D eigenvalue weighted by Crippen LogP contribution is -2.28. The van der Waals surface area contributed by atoms with E-state index in [1.54, 1.807) is 0 Å². The van der Waals surface area contributed by atoms with Crippen molar-refractivity contribution >= 4 is 23.4 Å². The van der Waals surface area contributed by atoms with Gasteiger partial charge in [0, 0.05) is 5.75 Å². The van der Waals surface area contributed by atoms with Crippen LogP contribution in [0.5, 0.6) is 0 Å². The van der Waals surface area contributed by atoms with Gasteiger partial charge in [0.05, 0.1) is 4.75 Å². The lowest BCUT2D eigenvalue weighted by atomic mass is 9.84. The van der Waals surface area contributed by atoms with Crippen molar-refractivity contribution in [2.75, 3.05) is 12.9 Å². The second-order valence-corrected chi connectivity index (χ2v) is 7.28. The zero-order valence-electron chi connectivity index (χ0n) is 15.5. The van der Waals surface area contributed by atoms with Gasteiger partial charge >= 0.3 is 5.97 Å². The molecule has 0 aliphatic carbocycles. The first-order valence-electron chi connectivity index (χ1n) is 8.82. The number of thioether (sulfide) groups is 1. The number of rotatable bonds is 8. The van der Waals surface area contributed by atoms with Crippen molar-refractivity contribution in [1.82, 2.24) is 0 Å². The number of aliphatic carboxylic acids is 1. The third kappa shape index (κ3) is 4.10. The Bertz CT molecular complexity index is 831. The van der Waals surface area contributed by atoms with Gasteiger partial charge in [0.25, 0.3) is 0 Å². The van der Waals surface area contributed by atoms with Crippen LogP contribution in [0.15, 0.2) is 96.2 Å². The molecule has 0 amide bonds. The third-order valence-electron chi connectivity index (χ3n) is 4.41. The van der Waals surface area contributed by atoms with Crippen molar-refractivity contribution in [3.05, 3.63) is 108 Å². The topological polar surface area (TPSA) is 58.9 Å². The summed E-state index contributed by atoms with van der Waals surface area (Å²) in [6, 6.07) is 30.3. The number of carboxylic acid groups (broad SMARTS) is 1. The second-order valence-electron chi connectivity index (χ2n) is 6.09. The van der Waals surface area contributed by atoms with E-state index in [1.807, 2.05) is 54.6 Å². The van der Waals surface area contributed by atoms with Crippen molar-refractivity contribution in [3.8, 4) is 0 Å². The Balaban J connectivity index is 2.19. The van der Waals surface area contributed by atoms with E-state index in [1.165, 1.54) is 18.9 Å². The lowest BCUT2D eigenvalue weighted by Gasteiger charge is -2.35. The predicted octanol–water partition coefficient (Wildman–Crippen LogP) is 4.80. The summed E-state index contributed by atoms with van der Waals surface area (Å²) in [6.07, 6.45) is 0. The van der Waals surface area contributed by atoms with Crippen LogP contribution in [0.3, 0.4) is 0 Å². The molecule has 0 heterocycles. The lowest BCUT2D eigenvalue weighted by molar-refractivity contribution is -0.129. The van der Waals surface area contributed by atoms with Gasteiger partial charge in [-0.1, -0.05) is 96.2 Å². The van der Waals surface area contributed by atoms with Crippen molar-refractivity contribution in [2.45, 2.75) is 4.75 Å². The van der Waals surface area contributed by atoms with Crippen LogP contribution < -0.4 is 0 Å². The third-order valence-corrected chi connectivity index (χ3v) is 5.97. The molecule has 0 spiro atoms. The largest absolute Gasteiger partial charge is 0.477 e. The quantitative estimate of drug-likeness (QED) is 0.340. The first-order valence-corrected chi connectivity index (χ1v) is 9.81. The SMILES string of the molecule is CO/N=C(\CSC(c1ccccc1)(c1ccccc1)c1ccccc1)C(=O)O. The second kappa shape index (κ2) is 9.24. The summed E-state index contributed by atoms with van der Waals surface area (Å²) in [5.41, 5.74) is 3.18. The monoisotopic (exact) mass is 391 g/mol. The fourth-order valence-electron chi connectivity index (χ4n) is 3.18. The molecule has 0 atom stereocenters. The number of benzene rings is 3. The molecule has 1 N–H and O–H groups in total. The van der Waals surface area contributed by atoms with Gasteiger partial charge in [-0.25, -0.2) is 4.79 Å². The summed E-state index contributed by atoms with van der Waals surface area (Å²) in [4.78, 5) is 16.3. The molecule has 0 unspecified atom stereocenters. The Morgan fingerprint density at radius 3 is 1.57 bits per heavy atom. The van der Waals surface area contributed by atoms with Gasteiger partial charge in [0.15, 0.2) is 5.71 Å². The van der Waals surface area contributed by atoms with Gasteiger partial charge < -0.3 is 9.94 Å². The molecule has 3 rings (SSSR count). The number of hydrogen-bond acceptors (Lipinski definition) is 4. The van der Waals surface area contributed by atoms with Crippen LogP contribution in [-0.2, 0) is 14.4 Å². The number of hydrogen-bond donors (Lipinski definition) is 1. The highest BCUT2D eigenvalue weighted by Gasteiger charge is 2.37. The van der Waals surface area contributed by atoms with E-state index >= 15 is 0 Å². The molecule has 0 saturated carbocycles. The summed E-state index contributed by atoms with van der Waals surface area (Å²) < 4.78 is -0.590. The minimum absolute atomic E-state index is 0.0281. The number of carbonyl (C=O) groups is 1. The average molecular weight is 391 g/mol. The maximum atomic E-state index is 11.6. The molecule has 0 aromatic heterocycles. The minimum Gasteiger partial charge on any atom is -0.477 e. The van der Waals surface area contributed by atoms with Crippen LogP contribution in [0.2, 0.25) is 0 Å². The van der Waals surface area contributed by atoms with E-state index in [9.17, 15) is 9.90 Å². The summed E-state index contributed by atoms with van der Waals surface area (Å²) in [5, 5.41) is 13.2. The van der Waals surface area contributed by atoms with Crippen LogP contribution in [-0.4, -0.2) is 29.7 Å². The number of oxime groups is 1. The van der Waals surface area contributed by atoms with Gasteiger partial charge in [0.2, 0.25) is 0 Å². The van der Waals surface area contributed by atoms with E-state index in [-0.39, 0.29) is 11.5 Å². The Morgan fingerprint density at radius 1 is 0.857 bits per heavy atom. The molecule has 0 aliphatic heterocycles. The van der Waals surface area contributed by atoms with Crippen LogP contribution >= 0.6 is 11.8 Å². The fraction of sp³-hybridized carbons (Fsp3) is 0.130. The molecule has 0 radical (unpaired) electrons. The van der Waals surface area contributed by atoms with Crippen LogP contribution in [0.1, 0.15) is 16.7 Å². The molecule has 28 heavy (non-hydrogen) atoms. The van der Waals surface area contributed by atoms with Crippen molar-refractivity contribution in [2.24, 2.45) is 5.16 Å². The maximum absolute atomic E-state index is 11.6. The zero-order valence-corrected chi connectivity index (χ0v) is 16.3. The van der Waals surface area contributed by atoms with E-state index in [0.717, 1.165) is 16.7 Å². The maximum Gasteiger partial charge on any atom is 0.354 e.